The fraction of sp³-hybridized carbons (Fsp3) is 0.607. The van der Waals surface area contributed by atoms with Gasteiger partial charge in [0.15, 0.2) is 6.10 Å². The van der Waals surface area contributed by atoms with Gasteiger partial charge in [-0.05, 0) is 57.9 Å². The number of carboxylic acid groups (broad SMARTS) is 1. The van der Waals surface area contributed by atoms with Crippen LogP contribution in [-0.2, 0) is 9.53 Å². The van der Waals surface area contributed by atoms with Crippen LogP contribution in [0.25, 0.3) is 11.1 Å². The Morgan fingerprint density at radius 3 is 2.36 bits per heavy atom. The van der Waals surface area contributed by atoms with Crippen LogP contribution in [0, 0.1) is 18.3 Å². The average molecular weight is 518 g/mol. The molecule has 0 saturated carbocycles. The Morgan fingerprint density at radius 1 is 1.19 bits per heavy atom. The van der Waals surface area contributed by atoms with E-state index in [1.807, 2.05) is 33.8 Å². The molecule has 198 valence electrons. The lowest BCUT2D eigenvalue weighted by Crippen LogP contribution is -2.39. The molecule has 0 aromatic carbocycles. The summed E-state index contributed by atoms with van der Waals surface area (Å²) in [5.74, 6) is -0.313. The van der Waals surface area contributed by atoms with Crippen LogP contribution in [0.1, 0.15) is 78.7 Å². The highest BCUT2D eigenvalue weighted by molar-refractivity contribution is 6.32. The predicted octanol–water partition coefficient (Wildman–Crippen LogP) is 6.71. The Morgan fingerprint density at radius 2 is 1.83 bits per heavy atom. The van der Waals surface area contributed by atoms with Crippen molar-refractivity contribution in [1.82, 2.24) is 9.97 Å². The zero-order valence-corrected chi connectivity index (χ0v) is 23.6. The molecule has 36 heavy (non-hydrogen) atoms. The van der Waals surface area contributed by atoms with Crippen LogP contribution in [0.5, 0.6) is 5.88 Å². The van der Waals surface area contributed by atoms with E-state index in [2.05, 4.69) is 42.6 Å². The van der Waals surface area contributed by atoms with Crippen LogP contribution in [0.3, 0.4) is 0 Å². The molecule has 1 atom stereocenters. The van der Waals surface area contributed by atoms with Crippen molar-refractivity contribution in [3.63, 3.8) is 0 Å². The summed E-state index contributed by atoms with van der Waals surface area (Å²) in [6.07, 6.45) is 4.32. The number of nitrogens with zero attached hydrogens (tertiary/aromatic N) is 3. The number of rotatable bonds is 8. The van der Waals surface area contributed by atoms with Gasteiger partial charge in [0.2, 0.25) is 5.88 Å². The van der Waals surface area contributed by atoms with Crippen LogP contribution in [0.4, 0.5) is 5.69 Å². The smallest absolute Gasteiger partial charge is 0.337 e. The highest BCUT2D eigenvalue weighted by Gasteiger charge is 2.35. The van der Waals surface area contributed by atoms with Crippen molar-refractivity contribution < 1.29 is 19.4 Å². The third-order valence-electron chi connectivity index (χ3n) is 6.35. The first-order valence-electron chi connectivity index (χ1n) is 12.6. The largest absolute Gasteiger partial charge is 0.479 e. The molecule has 3 rings (SSSR count). The molecule has 8 heteroatoms. The molecular formula is C28H40ClN3O4. The molecule has 2 aromatic rings. The number of carboxylic acids is 1. The van der Waals surface area contributed by atoms with Gasteiger partial charge in [-0.1, -0.05) is 39.3 Å². The molecular weight excluding hydrogens is 478 g/mol. The van der Waals surface area contributed by atoms with E-state index in [1.165, 1.54) is 0 Å². The maximum Gasteiger partial charge on any atom is 0.337 e. The molecule has 0 amide bonds. The SMILES string of the molecule is Cc1ncc(-c2cnc(OCC(C)C)c(Cl)c2)c(N2CCC(C)(C)CC2)c1[C@H](OC(C)(C)C)C(=O)O. The van der Waals surface area contributed by atoms with Gasteiger partial charge in [-0.25, -0.2) is 9.78 Å². The Balaban J connectivity index is 2.18. The number of piperidine rings is 1. The van der Waals surface area contributed by atoms with E-state index >= 15 is 0 Å². The van der Waals surface area contributed by atoms with E-state index in [9.17, 15) is 9.90 Å². The molecule has 1 saturated heterocycles. The zero-order chi connectivity index (χ0) is 26.8. The fourth-order valence-corrected chi connectivity index (χ4v) is 4.54. The molecule has 0 bridgehead atoms. The zero-order valence-electron chi connectivity index (χ0n) is 22.8. The van der Waals surface area contributed by atoms with Crippen LogP contribution < -0.4 is 9.64 Å². The topological polar surface area (TPSA) is 84.8 Å². The Kier molecular flexibility index (Phi) is 8.56. The van der Waals surface area contributed by atoms with Crippen LogP contribution in [0.2, 0.25) is 5.02 Å². The Bertz CT molecular complexity index is 1080. The summed E-state index contributed by atoms with van der Waals surface area (Å²) in [6, 6.07) is 1.82. The van der Waals surface area contributed by atoms with E-state index in [0.717, 1.165) is 42.7 Å². The number of aromatic nitrogens is 2. The third kappa shape index (κ3) is 6.88. The summed E-state index contributed by atoms with van der Waals surface area (Å²) in [5, 5.41) is 10.6. The average Bonchev–Trinajstić information content (AvgIpc) is 2.76. The Labute approximate surface area is 220 Å². The number of halogens is 1. The first kappa shape index (κ1) is 28.2. The molecule has 1 aliphatic heterocycles. The minimum Gasteiger partial charge on any atom is -0.479 e. The van der Waals surface area contributed by atoms with Gasteiger partial charge in [-0.2, -0.15) is 0 Å². The van der Waals surface area contributed by atoms with Gasteiger partial charge in [0.1, 0.15) is 5.02 Å². The molecule has 1 aliphatic rings. The van der Waals surface area contributed by atoms with Gasteiger partial charge in [0.05, 0.1) is 17.9 Å². The summed E-state index contributed by atoms with van der Waals surface area (Å²) >= 11 is 6.57. The number of hydrogen-bond acceptors (Lipinski definition) is 6. The molecule has 0 unspecified atom stereocenters. The first-order valence-corrected chi connectivity index (χ1v) is 13.0. The van der Waals surface area contributed by atoms with Gasteiger partial charge in [-0.15, -0.1) is 0 Å². The van der Waals surface area contributed by atoms with Crippen molar-refractivity contribution in [3.05, 3.63) is 34.7 Å². The summed E-state index contributed by atoms with van der Waals surface area (Å²) < 4.78 is 11.9. The van der Waals surface area contributed by atoms with Gasteiger partial charge >= 0.3 is 5.97 Å². The summed E-state index contributed by atoms with van der Waals surface area (Å²) in [4.78, 5) is 23.9. The number of ether oxygens (including phenoxy) is 2. The maximum atomic E-state index is 12.5. The monoisotopic (exact) mass is 517 g/mol. The van der Waals surface area contributed by atoms with E-state index in [4.69, 9.17) is 21.1 Å². The molecule has 1 N–H and O–H groups in total. The Hall–Kier alpha value is -2.38. The molecule has 0 aliphatic carbocycles. The third-order valence-corrected chi connectivity index (χ3v) is 6.62. The van der Waals surface area contributed by atoms with Crippen molar-refractivity contribution in [3.8, 4) is 17.0 Å². The lowest BCUT2D eigenvalue weighted by molar-refractivity contribution is -0.160. The molecule has 3 heterocycles. The normalized spacial score (nSPS) is 16.8. The van der Waals surface area contributed by atoms with Crippen molar-refractivity contribution >= 4 is 23.3 Å². The number of carbonyl (C=O) groups is 1. The molecule has 2 aromatic heterocycles. The van der Waals surface area contributed by atoms with E-state index in [0.29, 0.717) is 34.7 Å². The number of pyridine rings is 2. The minimum absolute atomic E-state index is 0.229. The van der Waals surface area contributed by atoms with Gasteiger partial charge < -0.3 is 19.5 Å². The predicted molar refractivity (Wildman–Crippen MR) is 144 cm³/mol. The van der Waals surface area contributed by atoms with E-state index < -0.39 is 17.7 Å². The molecule has 0 spiro atoms. The minimum atomic E-state index is -1.17. The van der Waals surface area contributed by atoms with Crippen LogP contribution in [0.15, 0.2) is 18.5 Å². The summed E-state index contributed by atoms with van der Waals surface area (Å²) in [5.41, 5.74) is 3.13. The standard InChI is InChI=1S/C28H40ClN3O4/c1-17(2)16-35-25-21(29)13-19(14-31-25)20-15-30-18(3)22(24(26(33)34)36-27(4,5)6)23(20)32-11-9-28(7,8)10-12-32/h13-15,17,24H,9-12,16H2,1-8H3,(H,33,34)/t24-/m0/s1. The van der Waals surface area contributed by atoms with E-state index in [-0.39, 0.29) is 5.41 Å². The second kappa shape index (κ2) is 10.9. The molecule has 0 radical (unpaired) electrons. The second-order valence-corrected chi connectivity index (χ2v) is 12.2. The fourth-order valence-electron chi connectivity index (χ4n) is 4.32. The number of hydrogen-bond donors (Lipinski definition) is 1. The lowest BCUT2D eigenvalue weighted by Gasteiger charge is -2.41. The molecule has 1 fully saturated rings. The van der Waals surface area contributed by atoms with Crippen molar-refractivity contribution in [2.45, 2.75) is 79.9 Å². The summed E-state index contributed by atoms with van der Waals surface area (Å²) in [7, 11) is 0. The second-order valence-electron chi connectivity index (χ2n) is 11.8. The van der Waals surface area contributed by atoms with Gasteiger partial charge in [0.25, 0.3) is 0 Å². The number of anilines is 1. The number of aliphatic carboxylic acids is 1. The number of aryl methyl sites for hydroxylation is 1. The highest BCUT2D eigenvalue weighted by Crippen LogP contribution is 2.44. The van der Waals surface area contributed by atoms with Gasteiger partial charge in [-0.3, -0.25) is 4.98 Å². The van der Waals surface area contributed by atoms with Crippen LogP contribution in [-0.4, -0.2) is 46.3 Å². The highest BCUT2D eigenvalue weighted by atomic mass is 35.5. The quantitative estimate of drug-likeness (QED) is 0.416. The van der Waals surface area contributed by atoms with E-state index in [1.54, 1.807) is 12.4 Å². The molecule has 7 nitrogen and oxygen atoms in total. The first-order chi connectivity index (χ1) is 16.7. The van der Waals surface area contributed by atoms with Crippen molar-refractivity contribution in [2.24, 2.45) is 11.3 Å². The maximum absolute atomic E-state index is 12.5. The lowest BCUT2D eigenvalue weighted by atomic mass is 9.82. The summed E-state index contributed by atoms with van der Waals surface area (Å²) in [6.45, 7) is 18.2. The van der Waals surface area contributed by atoms with Crippen molar-refractivity contribution in [2.75, 3.05) is 24.6 Å². The van der Waals surface area contributed by atoms with Crippen LogP contribution >= 0.6 is 11.6 Å². The van der Waals surface area contributed by atoms with Gasteiger partial charge in [0, 0.05) is 47.9 Å². The van der Waals surface area contributed by atoms with Crippen molar-refractivity contribution in [1.29, 1.82) is 0 Å².